The summed E-state index contributed by atoms with van der Waals surface area (Å²) in [4.78, 5) is 37.6. The Balaban J connectivity index is 1.83. The van der Waals surface area contributed by atoms with E-state index in [2.05, 4.69) is 71.0 Å². The highest BCUT2D eigenvalue weighted by Crippen LogP contribution is 2.42. The number of likely N-dealkylation sites (N-methyl/N-ethyl adjacent to an activating group) is 2. The van der Waals surface area contributed by atoms with Gasteiger partial charge in [0.05, 0.1) is 17.2 Å². The van der Waals surface area contributed by atoms with Gasteiger partial charge in [0.2, 0.25) is 5.91 Å². The van der Waals surface area contributed by atoms with Crippen molar-refractivity contribution in [2.45, 2.75) is 20.0 Å². The fourth-order valence-corrected chi connectivity index (χ4v) is 4.96. The molecule has 0 aliphatic carbocycles. The smallest absolute Gasteiger partial charge is 0.339 e. The lowest BCUT2D eigenvalue weighted by molar-refractivity contribution is -0.111. The Morgan fingerprint density at radius 2 is 1.82 bits per heavy atom. The molecular formula is C31H33N5O3. The minimum Gasteiger partial charge on any atom is -0.459 e. The number of benzene rings is 3. The minimum absolute atomic E-state index is 0.234. The number of fused-ring (bicyclic) bond motifs is 8. The third-order valence-electron chi connectivity index (χ3n) is 6.87. The van der Waals surface area contributed by atoms with Crippen LogP contribution in [-0.2, 0) is 9.53 Å². The van der Waals surface area contributed by atoms with Gasteiger partial charge in [0, 0.05) is 59.3 Å². The van der Waals surface area contributed by atoms with Crippen LogP contribution in [-0.4, -0.2) is 67.1 Å². The van der Waals surface area contributed by atoms with Crippen LogP contribution in [0.2, 0.25) is 0 Å². The van der Waals surface area contributed by atoms with Crippen LogP contribution in [0.4, 0.5) is 11.4 Å². The van der Waals surface area contributed by atoms with E-state index >= 15 is 0 Å². The maximum atomic E-state index is 12.7. The zero-order valence-corrected chi connectivity index (χ0v) is 23.0. The largest absolute Gasteiger partial charge is 0.459 e. The number of ether oxygens (including phenoxy) is 1. The summed E-state index contributed by atoms with van der Waals surface area (Å²) in [6.07, 6.45) is 2.57. The SMILES string of the molecule is C=CC(=O)Nc1cccc2c1c1cc(N(C)CCN(C)C)ccc1c1[nH]c3ncc(C(=O)OC(C)C)cc3c21. The number of hydrogen-bond donors (Lipinski definition) is 2. The first kappa shape index (κ1) is 26.2. The second-order valence-corrected chi connectivity index (χ2v) is 10.3. The maximum absolute atomic E-state index is 12.7. The maximum Gasteiger partial charge on any atom is 0.339 e. The molecule has 2 aromatic heterocycles. The third-order valence-corrected chi connectivity index (χ3v) is 6.87. The van der Waals surface area contributed by atoms with Gasteiger partial charge in [-0.25, -0.2) is 9.78 Å². The number of pyridine rings is 1. The summed E-state index contributed by atoms with van der Waals surface area (Å²) in [5.74, 6) is -0.697. The van der Waals surface area contributed by atoms with Gasteiger partial charge in [-0.3, -0.25) is 4.79 Å². The number of aromatic amines is 1. The van der Waals surface area contributed by atoms with Gasteiger partial charge in [-0.2, -0.15) is 0 Å². The molecule has 0 aliphatic heterocycles. The summed E-state index contributed by atoms with van der Waals surface area (Å²) in [6.45, 7) is 9.05. The molecule has 1 amide bonds. The van der Waals surface area contributed by atoms with Crippen molar-refractivity contribution in [1.29, 1.82) is 0 Å². The number of carbonyl (C=O) groups excluding carboxylic acids is 2. The monoisotopic (exact) mass is 523 g/mol. The van der Waals surface area contributed by atoms with Crippen molar-refractivity contribution in [1.82, 2.24) is 14.9 Å². The number of esters is 1. The summed E-state index contributed by atoms with van der Waals surface area (Å²) in [7, 11) is 6.20. The summed E-state index contributed by atoms with van der Waals surface area (Å²) < 4.78 is 5.42. The van der Waals surface area contributed by atoms with E-state index in [0.29, 0.717) is 16.9 Å². The zero-order chi connectivity index (χ0) is 27.8. The van der Waals surface area contributed by atoms with Crippen molar-refractivity contribution < 1.29 is 14.3 Å². The van der Waals surface area contributed by atoms with Gasteiger partial charge in [-0.1, -0.05) is 24.8 Å². The Hall–Kier alpha value is -4.43. The Bertz CT molecular complexity index is 1750. The van der Waals surface area contributed by atoms with Gasteiger partial charge in [0.1, 0.15) is 5.65 Å². The van der Waals surface area contributed by atoms with E-state index in [4.69, 9.17) is 4.74 Å². The first-order valence-corrected chi connectivity index (χ1v) is 13.0. The molecule has 8 nitrogen and oxygen atoms in total. The average Bonchev–Trinajstić information content (AvgIpc) is 3.30. The minimum atomic E-state index is -0.414. The lowest BCUT2D eigenvalue weighted by Crippen LogP contribution is -2.28. The topological polar surface area (TPSA) is 90.6 Å². The van der Waals surface area contributed by atoms with Gasteiger partial charge < -0.3 is 24.8 Å². The molecule has 200 valence electrons. The van der Waals surface area contributed by atoms with Gasteiger partial charge >= 0.3 is 5.97 Å². The third kappa shape index (κ3) is 4.91. The first-order chi connectivity index (χ1) is 18.7. The van der Waals surface area contributed by atoms with Crippen molar-refractivity contribution >= 4 is 66.7 Å². The number of hydrogen-bond acceptors (Lipinski definition) is 6. The molecule has 3 aromatic carbocycles. The van der Waals surface area contributed by atoms with Crippen molar-refractivity contribution in [3.05, 3.63) is 66.9 Å². The van der Waals surface area contributed by atoms with Crippen LogP contribution in [0.5, 0.6) is 0 Å². The van der Waals surface area contributed by atoms with Crippen molar-refractivity contribution in [3.8, 4) is 0 Å². The van der Waals surface area contributed by atoms with Crippen LogP contribution >= 0.6 is 0 Å². The molecule has 0 fully saturated rings. The van der Waals surface area contributed by atoms with Crippen LogP contribution in [0, 0.1) is 0 Å². The Labute approximate surface area is 227 Å². The van der Waals surface area contributed by atoms with E-state index in [0.717, 1.165) is 56.6 Å². The summed E-state index contributed by atoms with van der Waals surface area (Å²) in [5.41, 5.74) is 3.74. The van der Waals surface area contributed by atoms with E-state index in [9.17, 15) is 9.59 Å². The molecule has 0 bridgehead atoms. The molecule has 0 radical (unpaired) electrons. The van der Waals surface area contributed by atoms with Crippen molar-refractivity contribution in [2.75, 3.05) is 44.4 Å². The van der Waals surface area contributed by atoms with Gasteiger partial charge in [-0.05, 0) is 69.1 Å². The van der Waals surface area contributed by atoms with Crippen LogP contribution < -0.4 is 10.2 Å². The molecule has 2 heterocycles. The molecule has 2 N–H and O–H groups in total. The van der Waals surface area contributed by atoms with Gasteiger partial charge in [0.25, 0.3) is 0 Å². The second kappa shape index (κ2) is 10.4. The predicted molar refractivity (Wildman–Crippen MR) is 160 cm³/mol. The number of carbonyl (C=O) groups is 2. The summed E-state index contributed by atoms with van der Waals surface area (Å²) in [5, 5.41) is 8.58. The number of aromatic nitrogens is 2. The number of anilines is 2. The van der Waals surface area contributed by atoms with Crippen LogP contribution in [0.1, 0.15) is 24.2 Å². The van der Waals surface area contributed by atoms with Crippen LogP contribution in [0.15, 0.2) is 61.3 Å². The Kier molecular flexibility index (Phi) is 6.97. The predicted octanol–water partition coefficient (Wildman–Crippen LogP) is 5.71. The van der Waals surface area contributed by atoms with E-state index in [-0.39, 0.29) is 12.0 Å². The van der Waals surface area contributed by atoms with E-state index < -0.39 is 5.97 Å². The standard InChI is InChI=1S/C31H33N5O3/c1-7-26(37)33-25-10-8-9-22-27(25)23-16-20(36(6)14-13-35(4)5)11-12-21(23)29-28(22)24-15-19(17-32-30(24)34-29)31(38)39-18(2)3/h7-12,15-18H,1,13-14H2,2-6H3,(H,32,34)(H,33,37). The number of H-pyrrole nitrogens is 1. The van der Waals surface area contributed by atoms with Crippen LogP contribution in [0.25, 0.3) is 43.5 Å². The van der Waals surface area contributed by atoms with Gasteiger partial charge in [-0.15, -0.1) is 0 Å². The summed E-state index contributed by atoms with van der Waals surface area (Å²) in [6, 6.07) is 14.1. The first-order valence-electron chi connectivity index (χ1n) is 13.0. The molecule has 0 saturated heterocycles. The molecule has 5 rings (SSSR count). The molecule has 5 aromatic rings. The van der Waals surface area contributed by atoms with E-state index in [1.165, 1.54) is 6.08 Å². The molecule has 0 aliphatic rings. The number of amides is 1. The second-order valence-electron chi connectivity index (χ2n) is 10.3. The fraction of sp³-hybridized carbons (Fsp3) is 0.258. The molecule has 0 spiro atoms. The van der Waals surface area contributed by atoms with Crippen molar-refractivity contribution in [2.24, 2.45) is 0 Å². The molecule has 8 heteroatoms. The van der Waals surface area contributed by atoms with Crippen molar-refractivity contribution in [3.63, 3.8) is 0 Å². The lowest BCUT2D eigenvalue weighted by atomic mass is 9.95. The average molecular weight is 524 g/mol. The fourth-order valence-electron chi connectivity index (χ4n) is 4.96. The highest BCUT2D eigenvalue weighted by atomic mass is 16.5. The summed E-state index contributed by atoms with van der Waals surface area (Å²) >= 11 is 0. The number of rotatable bonds is 8. The zero-order valence-electron chi connectivity index (χ0n) is 23.0. The van der Waals surface area contributed by atoms with E-state index in [1.54, 1.807) is 6.20 Å². The molecule has 0 saturated carbocycles. The normalized spacial score (nSPS) is 11.7. The van der Waals surface area contributed by atoms with Crippen LogP contribution in [0.3, 0.4) is 0 Å². The molecule has 0 atom stereocenters. The number of nitrogens with one attached hydrogen (secondary N) is 2. The lowest BCUT2D eigenvalue weighted by Gasteiger charge is -2.22. The highest BCUT2D eigenvalue weighted by molar-refractivity contribution is 6.34. The highest BCUT2D eigenvalue weighted by Gasteiger charge is 2.20. The molecule has 0 unspecified atom stereocenters. The Morgan fingerprint density at radius 3 is 2.54 bits per heavy atom. The van der Waals surface area contributed by atoms with E-state index in [1.807, 2.05) is 38.1 Å². The molecule has 39 heavy (non-hydrogen) atoms. The number of nitrogens with zero attached hydrogens (tertiary/aromatic N) is 3. The molecular weight excluding hydrogens is 490 g/mol. The quantitative estimate of drug-likeness (QED) is 0.154. The Morgan fingerprint density at radius 1 is 1.03 bits per heavy atom. The van der Waals surface area contributed by atoms with Gasteiger partial charge in [0.15, 0.2) is 0 Å².